The number of hydrogen-bond donors (Lipinski definition) is 2. The molecular weight excluding hydrogens is 375 g/mol. The topological polar surface area (TPSA) is 79.5 Å². The molecule has 0 saturated heterocycles. The predicted molar refractivity (Wildman–Crippen MR) is 103 cm³/mol. The Bertz CT molecular complexity index is 981. The molecule has 2 aromatic carbocycles. The van der Waals surface area contributed by atoms with Crippen LogP contribution in [0.15, 0.2) is 53.6 Å². The third kappa shape index (κ3) is 3.87. The van der Waals surface area contributed by atoms with E-state index in [1.165, 1.54) is 12.1 Å². The number of aromatic nitrogens is 2. The van der Waals surface area contributed by atoms with Gasteiger partial charge >= 0.3 is 5.97 Å². The molecule has 0 bridgehead atoms. The molecule has 26 heavy (non-hydrogen) atoms. The summed E-state index contributed by atoms with van der Waals surface area (Å²) >= 11 is 12.4. The molecule has 0 saturated carbocycles. The molecule has 0 radical (unpaired) electrons. The van der Waals surface area contributed by atoms with E-state index in [1.807, 2.05) is 19.1 Å². The summed E-state index contributed by atoms with van der Waals surface area (Å²) < 4.78 is 1.59. The van der Waals surface area contributed by atoms with Gasteiger partial charge in [-0.1, -0.05) is 29.3 Å². The molecule has 0 aliphatic rings. The number of hydrogen-bond acceptors (Lipinski definition) is 4. The van der Waals surface area contributed by atoms with Crippen LogP contribution in [-0.4, -0.2) is 27.1 Å². The number of nitrogens with zero attached hydrogens (tertiary/aromatic N) is 3. The molecule has 1 aromatic heterocycles. The number of carboxylic acid groups (broad SMARTS) is 1. The second-order valence-corrected chi connectivity index (χ2v) is 6.23. The average molecular weight is 389 g/mol. The molecule has 0 aliphatic heterocycles. The minimum Gasteiger partial charge on any atom is -0.478 e. The van der Waals surface area contributed by atoms with Gasteiger partial charge in [-0.05, 0) is 49.4 Å². The lowest BCUT2D eigenvalue weighted by molar-refractivity contribution is 0.0697. The molecule has 2 N–H and O–H groups in total. The smallest absolute Gasteiger partial charge is 0.335 e. The van der Waals surface area contributed by atoms with Crippen molar-refractivity contribution in [3.63, 3.8) is 0 Å². The first-order chi connectivity index (χ1) is 12.5. The number of aromatic carboxylic acids is 1. The molecular formula is C18H14Cl2N4O2. The molecule has 0 spiro atoms. The van der Waals surface area contributed by atoms with Crippen molar-refractivity contribution in [3.05, 3.63) is 75.5 Å². The highest BCUT2D eigenvalue weighted by atomic mass is 35.5. The van der Waals surface area contributed by atoms with Crippen molar-refractivity contribution in [1.29, 1.82) is 0 Å². The average Bonchev–Trinajstić information content (AvgIpc) is 2.90. The van der Waals surface area contributed by atoms with Crippen molar-refractivity contribution in [2.45, 2.75) is 6.92 Å². The zero-order valence-corrected chi connectivity index (χ0v) is 15.2. The largest absolute Gasteiger partial charge is 0.478 e. The number of anilines is 1. The van der Waals surface area contributed by atoms with Gasteiger partial charge in [-0.15, -0.1) is 0 Å². The van der Waals surface area contributed by atoms with Crippen LogP contribution in [0.5, 0.6) is 0 Å². The van der Waals surface area contributed by atoms with E-state index in [2.05, 4.69) is 15.6 Å². The number of hydrazone groups is 1. The minimum absolute atomic E-state index is 0.209. The fourth-order valence-electron chi connectivity index (χ4n) is 2.30. The highest BCUT2D eigenvalue weighted by molar-refractivity contribution is 6.32. The fourth-order valence-corrected chi connectivity index (χ4v) is 2.80. The number of halogens is 2. The zero-order valence-electron chi connectivity index (χ0n) is 13.6. The van der Waals surface area contributed by atoms with E-state index in [4.69, 9.17) is 28.3 Å². The summed E-state index contributed by atoms with van der Waals surface area (Å²) in [6.07, 6.45) is 1.57. The van der Waals surface area contributed by atoms with Gasteiger partial charge in [0, 0.05) is 5.02 Å². The summed E-state index contributed by atoms with van der Waals surface area (Å²) in [6, 6.07) is 13.5. The molecule has 3 aromatic rings. The van der Waals surface area contributed by atoms with Crippen LogP contribution in [0.3, 0.4) is 0 Å². The van der Waals surface area contributed by atoms with Crippen molar-refractivity contribution >= 4 is 41.1 Å². The van der Waals surface area contributed by atoms with Crippen molar-refractivity contribution in [2.75, 3.05) is 5.43 Å². The molecule has 0 aliphatic carbocycles. The monoisotopic (exact) mass is 388 g/mol. The molecule has 1 heterocycles. The summed E-state index contributed by atoms with van der Waals surface area (Å²) in [4.78, 5) is 10.8. The maximum Gasteiger partial charge on any atom is 0.335 e. The Morgan fingerprint density at radius 2 is 1.96 bits per heavy atom. The second kappa shape index (κ2) is 7.59. The van der Waals surface area contributed by atoms with Gasteiger partial charge in [-0.25, -0.2) is 9.48 Å². The predicted octanol–water partition coefficient (Wildman–Crippen LogP) is 4.63. The van der Waals surface area contributed by atoms with Gasteiger partial charge in [0.1, 0.15) is 5.15 Å². The lowest BCUT2D eigenvalue weighted by atomic mass is 10.2. The third-order valence-electron chi connectivity index (χ3n) is 3.62. The number of benzene rings is 2. The van der Waals surface area contributed by atoms with E-state index in [9.17, 15) is 4.79 Å². The lowest BCUT2D eigenvalue weighted by Gasteiger charge is -2.03. The molecule has 0 amide bonds. The number of carboxylic acids is 1. The van der Waals surface area contributed by atoms with Gasteiger partial charge in [-0.3, -0.25) is 5.43 Å². The van der Waals surface area contributed by atoms with Gasteiger partial charge in [0.25, 0.3) is 0 Å². The summed E-state index contributed by atoms with van der Waals surface area (Å²) in [6.45, 7) is 1.83. The maximum atomic E-state index is 10.8. The van der Waals surface area contributed by atoms with Gasteiger partial charge < -0.3 is 5.11 Å². The van der Waals surface area contributed by atoms with E-state index < -0.39 is 5.97 Å². The summed E-state index contributed by atoms with van der Waals surface area (Å²) in [5.41, 5.74) is 5.83. The van der Waals surface area contributed by atoms with Crippen molar-refractivity contribution in [1.82, 2.24) is 9.78 Å². The number of carbonyl (C=O) groups is 1. The Kier molecular flexibility index (Phi) is 5.25. The van der Waals surface area contributed by atoms with E-state index in [1.54, 1.807) is 35.2 Å². The quantitative estimate of drug-likeness (QED) is 0.493. The second-order valence-electron chi connectivity index (χ2n) is 5.43. The van der Waals surface area contributed by atoms with Crippen LogP contribution in [0.2, 0.25) is 10.2 Å². The highest BCUT2D eigenvalue weighted by Crippen LogP contribution is 2.23. The van der Waals surface area contributed by atoms with Crippen LogP contribution < -0.4 is 5.43 Å². The standard InChI is InChI=1S/C18H14Cl2N4O2/c1-11-16(10-21-22-14-7-5-12(6-8-14)18(25)26)17(20)24(23-11)15-4-2-3-13(19)9-15/h2-10,22H,1H3,(H,25,26)/b21-10-. The maximum absolute atomic E-state index is 10.8. The molecule has 0 atom stereocenters. The van der Waals surface area contributed by atoms with Crippen LogP contribution in [-0.2, 0) is 0 Å². The van der Waals surface area contributed by atoms with Crippen LogP contribution >= 0.6 is 23.2 Å². The third-order valence-corrected chi connectivity index (χ3v) is 4.22. The Labute approximate surface area is 159 Å². The van der Waals surface area contributed by atoms with E-state index in [0.29, 0.717) is 27.1 Å². The molecule has 8 heteroatoms. The zero-order chi connectivity index (χ0) is 18.7. The van der Waals surface area contributed by atoms with E-state index in [0.717, 1.165) is 5.69 Å². The SMILES string of the molecule is Cc1nn(-c2cccc(Cl)c2)c(Cl)c1/C=N\Nc1ccc(C(=O)O)cc1. The molecule has 3 rings (SSSR count). The van der Waals surface area contributed by atoms with Crippen LogP contribution in [0.25, 0.3) is 5.69 Å². The van der Waals surface area contributed by atoms with E-state index >= 15 is 0 Å². The number of aryl methyl sites for hydroxylation is 1. The van der Waals surface area contributed by atoms with Crippen LogP contribution in [0, 0.1) is 6.92 Å². The van der Waals surface area contributed by atoms with Crippen molar-refractivity contribution in [3.8, 4) is 5.69 Å². The fraction of sp³-hybridized carbons (Fsp3) is 0.0556. The highest BCUT2D eigenvalue weighted by Gasteiger charge is 2.13. The Balaban J connectivity index is 1.79. The first kappa shape index (κ1) is 18.0. The summed E-state index contributed by atoms with van der Waals surface area (Å²) in [5, 5.41) is 18.5. The van der Waals surface area contributed by atoms with Crippen LogP contribution in [0.1, 0.15) is 21.6 Å². The van der Waals surface area contributed by atoms with Crippen LogP contribution in [0.4, 0.5) is 5.69 Å². The Hall–Kier alpha value is -2.83. The molecule has 6 nitrogen and oxygen atoms in total. The van der Waals surface area contributed by atoms with Gasteiger partial charge in [0.05, 0.1) is 34.4 Å². The summed E-state index contributed by atoms with van der Waals surface area (Å²) in [5.74, 6) is -0.976. The molecule has 0 fully saturated rings. The first-order valence-electron chi connectivity index (χ1n) is 7.59. The normalized spacial score (nSPS) is 11.0. The Morgan fingerprint density at radius 3 is 2.62 bits per heavy atom. The number of nitrogens with one attached hydrogen (secondary N) is 1. The van der Waals surface area contributed by atoms with E-state index in [-0.39, 0.29) is 5.56 Å². The Morgan fingerprint density at radius 1 is 1.23 bits per heavy atom. The van der Waals surface area contributed by atoms with Gasteiger partial charge in [-0.2, -0.15) is 10.2 Å². The lowest BCUT2D eigenvalue weighted by Crippen LogP contribution is -1.97. The first-order valence-corrected chi connectivity index (χ1v) is 8.35. The van der Waals surface area contributed by atoms with Crippen molar-refractivity contribution < 1.29 is 9.90 Å². The molecule has 132 valence electrons. The minimum atomic E-state index is -0.976. The van der Waals surface area contributed by atoms with Crippen molar-refractivity contribution in [2.24, 2.45) is 5.10 Å². The number of rotatable bonds is 5. The van der Waals surface area contributed by atoms with Gasteiger partial charge in [0.2, 0.25) is 0 Å². The van der Waals surface area contributed by atoms with Gasteiger partial charge in [0.15, 0.2) is 0 Å². The molecule has 0 unspecified atom stereocenters. The summed E-state index contributed by atoms with van der Waals surface area (Å²) in [7, 11) is 0.